The van der Waals surface area contributed by atoms with Gasteiger partial charge in [-0.3, -0.25) is 0 Å². The van der Waals surface area contributed by atoms with Crippen molar-refractivity contribution in [2.75, 3.05) is 52.0 Å². The smallest absolute Gasteiger partial charge is 0.175 e. The molecule has 0 aliphatic carbocycles. The number of aliphatic hydroxyl groups excluding tert-OH is 1. The van der Waals surface area contributed by atoms with Crippen LogP contribution in [-0.2, 0) is 14.6 Å². The molecular weight excluding hydrogens is 456 g/mol. The third-order valence-corrected chi connectivity index (χ3v) is 6.02. The maximum atomic E-state index is 11.8. The zero-order valence-corrected chi connectivity index (χ0v) is 20.3. The van der Waals surface area contributed by atoms with Crippen molar-refractivity contribution in [2.45, 2.75) is 11.0 Å². The predicted octanol–water partition coefficient (Wildman–Crippen LogP) is 2.23. The molecule has 3 N–H and O–H groups in total. The van der Waals surface area contributed by atoms with E-state index in [0.29, 0.717) is 42.8 Å². The van der Waals surface area contributed by atoms with Gasteiger partial charge in [-0.05, 0) is 31.3 Å². The number of methoxy groups -OCH3 is 1. The van der Waals surface area contributed by atoms with E-state index in [0.717, 1.165) is 11.1 Å². The molecule has 0 fully saturated rings. The molecule has 9 nitrogen and oxygen atoms in total. The van der Waals surface area contributed by atoms with Crippen LogP contribution < -0.4 is 15.4 Å². The summed E-state index contributed by atoms with van der Waals surface area (Å²) in [4.78, 5) is 9.59. The maximum Gasteiger partial charge on any atom is 0.175 e. The molecule has 1 unspecified atom stereocenters. The van der Waals surface area contributed by atoms with Gasteiger partial charge < -0.3 is 25.2 Å². The number of aliphatic hydroxyl groups is 1. The number of rotatable bonds is 12. The third-order valence-electron chi connectivity index (χ3n) is 4.89. The molecule has 0 saturated heterocycles. The van der Waals surface area contributed by atoms with E-state index < -0.39 is 15.9 Å². The fourth-order valence-corrected chi connectivity index (χ4v) is 3.81. The first-order chi connectivity index (χ1) is 16.3. The van der Waals surface area contributed by atoms with Crippen molar-refractivity contribution < 1.29 is 23.0 Å². The first kappa shape index (κ1) is 25.6. The number of nitrogens with zero attached hydrogens (tertiary/aromatic N) is 2. The molecule has 3 rings (SSSR count). The number of aromatic nitrogens is 2. The molecule has 0 aliphatic heterocycles. The van der Waals surface area contributed by atoms with Crippen LogP contribution in [0, 0.1) is 0 Å². The van der Waals surface area contributed by atoms with Gasteiger partial charge in [-0.25, -0.2) is 18.4 Å². The average Bonchev–Trinajstić information content (AvgIpc) is 2.83. The lowest BCUT2D eigenvalue weighted by molar-refractivity contribution is 0.108. The molecule has 182 valence electrons. The van der Waals surface area contributed by atoms with E-state index in [4.69, 9.17) is 14.5 Å². The molecule has 1 aromatic heterocycles. The van der Waals surface area contributed by atoms with Crippen molar-refractivity contribution in [3.8, 4) is 28.4 Å². The average molecular weight is 487 g/mol. The Balaban J connectivity index is 1.94. The van der Waals surface area contributed by atoms with E-state index in [-0.39, 0.29) is 11.5 Å². The number of nitrogens with one attached hydrogen (secondary N) is 2. The number of hydrogen-bond donors (Lipinski definition) is 3. The molecule has 0 amide bonds. The first-order valence-corrected chi connectivity index (χ1v) is 12.7. The van der Waals surface area contributed by atoms with Crippen LogP contribution >= 0.6 is 0 Å². The Morgan fingerprint density at radius 3 is 2.50 bits per heavy atom. The molecule has 0 spiro atoms. The highest BCUT2D eigenvalue weighted by Gasteiger charge is 2.12. The van der Waals surface area contributed by atoms with Crippen LogP contribution in [0.5, 0.6) is 5.75 Å². The summed E-state index contributed by atoms with van der Waals surface area (Å²) >= 11 is 0. The van der Waals surface area contributed by atoms with E-state index >= 15 is 0 Å². The molecule has 1 heterocycles. The van der Waals surface area contributed by atoms with Gasteiger partial charge >= 0.3 is 0 Å². The highest BCUT2D eigenvalue weighted by molar-refractivity contribution is 7.90. The molecule has 0 radical (unpaired) electrons. The van der Waals surface area contributed by atoms with Gasteiger partial charge in [0.1, 0.15) is 24.3 Å². The van der Waals surface area contributed by atoms with Crippen molar-refractivity contribution in [2.24, 2.45) is 0 Å². The van der Waals surface area contributed by atoms with Gasteiger partial charge in [0, 0.05) is 43.6 Å². The minimum absolute atomic E-state index is 0.154. The zero-order chi connectivity index (χ0) is 24.6. The summed E-state index contributed by atoms with van der Waals surface area (Å²) in [5, 5.41) is 16.0. The lowest BCUT2D eigenvalue weighted by Crippen LogP contribution is -2.29. The SMILES string of the molecule is CNCC(O)COc1cccc(-c2nc(NCCOC)cc(-c3ccc(S(C)(=O)=O)cc3)n2)c1. The van der Waals surface area contributed by atoms with Crippen molar-refractivity contribution in [3.05, 3.63) is 54.6 Å². The molecule has 34 heavy (non-hydrogen) atoms. The van der Waals surface area contributed by atoms with E-state index in [2.05, 4.69) is 15.6 Å². The minimum atomic E-state index is -3.29. The Hall–Kier alpha value is -3.05. The summed E-state index contributed by atoms with van der Waals surface area (Å²) in [6.07, 6.45) is 0.551. The van der Waals surface area contributed by atoms with Gasteiger partial charge in [-0.2, -0.15) is 0 Å². The number of likely N-dealkylation sites (N-methyl/N-ethyl adjacent to an activating group) is 1. The summed E-state index contributed by atoms with van der Waals surface area (Å²) in [6.45, 7) is 1.66. The molecule has 3 aromatic rings. The molecule has 0 saturated carbocycles. The fourth-order valence-electron chi connectivity index (χ4n) is 3.18. The molecular formula is C24H30N4O5S. The van der Waals surface area contributed by atoms with E-state index in [1.165, 1.54) is 6.26 Å². The second-order valence-electron chi connectivity index (χ2n) is 7.73. The minimum Gasteiger partial charge on any atom is -0.491 e. The lowest BCUT2D eigenvalue weighted by atomic mass is 10.1. The topological polar surface area (TPSA) is 123 Å². The van der Waals surface area contributed by atoms with Gasteiger partial charge in [-0.1, -0.05) is 24.3 Å². The van der Waals surface area contributed by atoms with Crippen molar-refractivity contribution in [1.29, 1.82) is 0 Å². The van der Waals surface area contributed by atoms with Crippen molar-refractivity contribution in [1.82, 2.24) is 15.3 Å². The van der Waals surface area contributed by atoms with Crippen molar-refractivity contribution in [3.63, 3.8) is 0 Å². The largest absolute Gasteiger partial charge is 0.491 e. The van der Waals surface area contributed by atoms with Gasteiger partial charge in [0.15, 0.2) is 15.7 Å². The zero-order valence-electron chi connectivity index (χ0n) is 19.5. The molecule has 0 bridgehead atoms. The summed E-state index contributed by atoms with van der Waals surface area (Å²) in [7, 11) is 0.1000. The Labute approximate surface area is 200 Å². The highest BCUT2D eigenvalue weighted by atomic mass is 32.2. The Bertz CT molecular complexity index is 1190. The summed E-state index contributed by atoms with van der Waals surface area (Å²) in [5.41, 5.74) is 2.14. The van der Waals surface area contributed by atoms with Gasteiger partial charge in [0.05, 0.1) is 17.2 Å². The van der Waals surface area contributed by atoms with Crippen LogP contribution in [0.1, 0.15) is 0 Å². The van der Waals surface area contributed by atoms with Crippen LogP contribution in [0.3, 0.4) is 0 Å². The summed E-state index contributed by atoms with van der Waals surface area (Å²) in [5.74, 6) is 1.68. The summed E-state index contributed by atoms with van der Waals surface area (Å²) < 4.78 is 34.4. The number of benzene rings is 2. The van der Waals surface area contributed by atoms with Crippen molar-refractivity contribution >= 4 is 15.7 Å². The van der Waals surface area contributed by atoms with Gasteiger partial charge in [0.25, 0.3) is 0 Å². The second-order valence-corrected chi connectivity index (χ2v) is 9.74. The molecule has 0 aliphatic rings. The normalized spacial score (nSPS) is 12.4. The second kappa shape index (κ2) is 11.9. The van der Waals surface area contributed by atoms with Crippen LogP contribution in [0.25, 0.3) is 22.6 Å². The number of sulfone groups is 1. The first-order valence-electron chi connectivity index (χ1n) is 10.8. The number of hydrogen-bond acceptors (Lipinski definition) is 9. The fraction of sp³-hybridized carbons (Fsp3) is 0.333. The van der Waals surface area contributed by atoms with Crippen LogP contribution in [0.4, 0.5) is 5.82 Å². The predicted molar refractivity (Wildman–Crippen MR) is 132 cm³/mol. The molecule has 1 atom stereocenters. The molecule has 2 aromatic carbocycles. The van der Waals surface area contributed by atoms with Gasteiger partial charge in [0.2, 0.25) is 0 Å². The number of ether oxygens (including phenoxy) is 2. The quantitative estimate of drug-likeness (QED) is 0.331. The summed E-state index contributed by atoms with van der Waals surface area (Å²) in [6, 6.07) is 15.7. The standard InChI is InChI=1S/C24H30N4O5S/c1-25-15-19(29)16-33-20-6-4-5-18(13-20)24-27-22(14-23(28-24)26-11-12-32-2)17-7-9-21(10-8-17)34(3,30)31/h4-10,13-14,19,25,29H,11-12,15-16H2,1-3H3,(H,26,27,28). The highest BCUT2D eigenvalue weighted by Crippen LogP contribution is 2.27. The van der Waals surface area contributed by atoms with Crippen LogP contribution in [0.2, 0.25) is 0 Å². The van der Waals surface area contributed by atoms with E-state index in [1.54, 1.807) is 44.5 Å². The maximum absolute atomic E-state index is 11.8. The van der Waals surface area contributed by atoms with E-state index in [1.807, 2.05) is 24.3 Å². The number of anilines is 1. The Morgan fingerprint density at radius 1 is 1.06 bits per heavy atom. The van der Waals surface area contributed by atoms with Crippen LogP contribution in [0.15, 0.2) is 59.5 Å². The monoisotopic (exact) mass is 486 g/mol. The van der Waals surface area contributed by atoms with Crippen LogP contribution in [-0.4, -0.2) is 76.3 Å². The lowest BCUT2D eigenvalue weighted by Gasteiger charge is -2.13. The van der Waals surface area contributed by atoms with E-state index in [9.17, 15) is 13.5 Å². The molecule has 10 heteroatoms. The Morgan fingerprint density at radius 2 is 1.82 bits per heavy atom. The third kappa shape index (κ3) is 7.22. The Kier molecular flexibility index (Phi) is 8.94. The van der Waals surface area contributed by atoms with Gasteiger partial charge in [-0.15, -0.1) is 0 Å².